The van der Waals surface area contributed by atoms with E-state index in [9.17, 15) is 14.4 Å². The minimum Gasteiger partial charge on any atom is -0.460 e. The number of thioether (sulfide) groups is 1. The van der Waals surface area contributed by atoms with Crippen molar-refractivity contribution in [1.82, 2.24) is 9.55 Å². The second-order valence-corrected chi connectivity index (χ2v) is 5.24. The third kappa shape index (κ3) is 3.74. The van der Waals surface area contributed by atoms with E-state index in [1.165, 1.54) is 23.8 Å². The molecule has 1 aromatic heterocycles. The van der Waals surface area contributed by atoms with Gasteiger partial charge in [-0.3, -0.25) is 19.1 Å². The monoisotopic (exact) mass is 311 g/mol. The molecule has 0 radical (unpaired) electrons. The first-order valence-electron chi connectivity index (χ1n) is 6.16. The van der Waals surface area contributed by atoms with E-state index >= 15 is 0 Å². The Morgan fingerprint density at radius 2 is 2.43 bits per heavy atom. The fourth-order valence-electron chi connectivity index (χ4n) is 2.13. The highest BCUT2D eigenvalue weighted by Gasteiger charge is 2.38. The van der Waals surface area contributed by atoms with Gasteiger partial charge >= 0.3 is 11.7 Å². The molecule has 1 fully saturated rings. The predicted molar refractivity (Wildman–Crippen MR) is 73.5 cm³/mol. The molecule has 1 aliphatic heterocycles. The summed E-state index contributed by atoms with van der Waals surface area (Å²) in [5, 5.41) is 10.5. The molecule has 112 valence electrons. The zero-order valence-corrected chi connectivity index (χ0v) is 12.0. The van der Waals surface area contributed by atoms with Crippen molar-refractivity contribution in [3.63, 3.8) is 0 Å². The molecule has 8 nitrogen and oxygen atoms in total. The summed E-state index contributed by atoms with van der Waals surface area (Å²) in [5.74, 6) is -0.131. The van der Waals surface area contributed by atoms with E-state index in [1.807, 2.05) is 5.40 Å². The Morgan fingerprint density at radius 1 is 1.67 bits per heavy atom. The highest BCUT2D eigenvalue weighted by Crippen LogP contribution is 2.31. The molecule has 0 bridgehead atoms. The standard InChI is InChI=1S/C12H13N3O5S/c1-7(16)19-8-4-11(20-9(8)5-21-6-13)15-3-2-10(17)14-12(15)18/h2-3,8-9,11H,4-5H2,1H3,(H,14,17,18). The minimum absolute atomic E-state index is 0.280. The number of ether oxygens (including phenoxy) is 2. The van der Waals surface area contributed by atoms with Crippen LogP contribution in [0.3, 0.4) is 0 Å². The Morgan fingerprint density at radius 3 is 3.05 bits per heavy atom. The number of thiocyanates is 1. The Balaban J connectivity index is 2.19. The largest absolute Gasteiger partial charge is 0.460 e. The molecule has 1 aromatic rings. The molecular formula is C12H13N3O5S. The molecule has 1 aliphatic rings. The Kier molecular flexibility index (Phi) is 4.82. The number of nitrogens with one attached hydrogen (secondary N) is 1. The Hall–Kier alpha value is -2.05. The maximum Gasteiger partial charge on any atom is 0.330 e. The van der Waals surface area contributed by atoms with Crippen LogP contribution in [0.15, 0.2) is 21.9 Å². The van der Waals surface area contributed by atoms with Crippen LogP contribution in [0.5, 0.6) is 0 Å². The maximum atomic E-state index is 11.7. The zero-order valence-electron chi connectivity index (χ0n) is 11.1. The first-order valence-corrected chi connectivity index (χ1v) is 7.15. The number of hydrogen-bond donors (Lipinski definition) is 1. The number of aromatic nitrogens is 2. The molecule has 1 saturated heterocycles. The first-order chi connectivity index (χ1) is 10.0. The van der Waals surface area contributed by atoms with Crippen LogP contribution in [0.25, 0.3) is 0 Å². The number of nitriles is 1. The van der Waals surface area contributed by atoms with E-state index < -0.39 is 35.7 Å². The molecule has 0 amide bonds. The van der Waals surface area contributed by atoms with Gasteiger partial charge in [-0.2, -0.15) is 5.26 Å². The summed E-state index contributed by atoms with van der Waals surface area (Å²) in [5.41, 5.74) is -1.09. The normalized spacial score (nSPS) is 24.5. The van der Waals surface area contributed by atoms with Crippen LogP contribution < -0.4 is 11.2 Å². The molecule has 1 N–H and O–H groups in total. The minimum atomic E-state index is -0.650. The summed E-state index contributed by atoms with van der Waals surface area (Å²) < 4.78 is 12.1. The molecule has 0 spiro atoms. The van der Waals surface area contributed by atoms with Gasteiger partial charge in [0.25, 0.3) is 5.56 Å². The van der Waals surface area contributed by atoms with Gasteiger partial charge in [-0.25, -0.2) is 4.79 Å². The number of hydrogen-bond acceptors (Lipinski definition) is 7. The maximum absolute atomic E-state index is 11.7. The Labute approximate surface area is 123 Å². The van der Waals surface area contributed by atoms with Crippen molar-refractivity contribution in [1.29, 1.82) is 5.26 Å². The summed E-state index contributed by atoms with van der Waals surface area (Å²) in [4.78, 5) is 36.0. The molecule has 9 heteroatoms. The fourth-order valence-corrected chi connectivity index (χ4v) is 2.66. The molecule has 2 heterocycles. The smallest absolute Gasteiger partial charge is 0.330 e. The molecule has 2 rings (SSSR count). The van der Waals surface area contributed by atoms with Gasteiger partial charge in [-0.1, -0.05) is 0 Å². The van der Waals surface area contributed by atoms with Gasteiger partial charge in [-0.05, 0) is 11.8 Å². The van der Waals surface area contributed by atoms with E-state index in [1.54, 1.807) is 0 Å². The van der Waals surface area contributed by atoms with Crippen molar-refractivity contribution in [3.05, 3.63) is 33.1 Å². The van der Waals surface area contributed by atoms with Crippen molar-refractivity contribution < 1.29 is 14.3 Å². The van der Waals surface area contributed by atoms with Gasteiger partial charge in [0.2, 0.25) is 0 Å². The van der Waals surface area contributed by atoms with Crippen molar-refractivity contribution in [2.45, 2.75) is 31.8 Å². The van der Waals surface area contributed by atoms with Crippen LogP contribution in [0.2, 0.25) is 0 Å². The van der Waals surface area contributed by atoms with E-state index in [2.05, 4.69) is 4.98 Å². The molecule has 0 aromatic carbocycles. The number of H-pyrrole nitrogens is 1. The van der Waals surface area contributed by atoms with Gasteiger partial charge in [0.15, 0.2) is 0 Å². The summed E-state index contributed by atoms with van der Waals surface area (Å²) in [6.07, 6.45) is -0.0592. The predicted octanol–water partition coefficient (Wildman–Crippen LogP) is -0.0299. The number of aromatic amines is 1. The van der Waals surface area contributed by atoms with Crippen molar-refractivity contribution >= 4 is 17.7 Å². The zero-order chi connectivity index (χ0) is 15.4. The lowest BCUT2D eigenvalue weighted by molar-refractivity contribution is -0.148. The molecule has 0 saturated carbocycles. The highest BCUT2D eigenvalue weighted by molar-refractivity contribution is 8.03. The topological polar surface area (TPSA) is 114 Å². The summed E-state index contributed by atoms with van der Waals surface area (Å²) in [7, 11) is 0. The number of esters is 1. The third-order valence-corrected chi connectivity index (χ3v) is 3.60. The van der Waals surface area contributed by atoms with Crippen LogP contribution in [0, 0.1) is 10.7 Å². The number of nitrogens with zero attached hydrogens (tertiary/aromatic N) is 2. The number of rotatable bonds is 4. The number of carbonyl (C=O) groups is 1. The van der Waals surface area contributed by atoms with Gasteiger partial charge in [0, 0.05) is 31.4 Å². The average molecular weight is 311 g/mol. The highest BCUT2D eigenvalue weighted by atomic mass is 32.2. The lowest BCUT2D eigenvalue weighted by atomic mass is 10.2. The van der Waals surface area contributed by atoms with Gasteiger partial charge in [0.1, 0.15) is 23.8 Å². The van der Waals surface area contributed by atoms with Gasteiger partial charge < -0.3 is 9.47 Å². The molecule has 0 aliphatic carbocycles. The molecule has 3 atom stereocenters. The molecular weight excluding hydrogens is 298 g/mol. The summed E-state index contributed by atoms with van der Waals surface area (Å²) in [6, 6.07) is 1.21. The molecule has 21 heavy (non-hydrogen) atoms. The first kappa shape index (κ1) is 15.3. The fraction of sp³-hybridized carbons (Fsp3) is 0.500. The lowest BCUT2D eigenvalue weighted by Crippen LogP contribution is -2.31. The van der Waals surface area contributed by atoms with Crippen molar-refractivity contribution in [3.8, 4) is 5.40 Å². The Bertz CT molecular complexity index is 676. The van der Waals surface area contributed by atoms with Gasteiger partial charge in [0.05, 0.1) is 0 Å². The van der Waals surface area contributed by atoms with E-state index in [-0.39, 0.29) is 6.42 Å². The third-order valence-electron chi connectivity index (χ3n) is 2.97. The SMILES string of the molecule is CC(=O)OC1CC(n2ccc(=O)[nH]c2=O)OC1CSC#N. The van der Waals surface area contributed by atoms with Crippen molar-refractivity contribution in [2.75, 3.05) is 5.75 Å². The summed E-state index contributed by atoms with van der Waals surface area (Å²) >= 11 is 0.984. The quantitative estimate of drug-likeness (QED) is 0.613. The van der Waals surface area contributed by atoms with Crippen LogP contribution in [-0.4, -0.2) is 33.5 Å². The van der Waals surface area contributed by atoms with Crippen molar-refractivity contribution in [2.24, 2.45) is 0 Å². The van der Waals surface area contributed by atoms with Crippen LogP contribution in [0.1, 0.15) is 19.6 Å². The van der Waals surface area contributed by atoms with E-state index in [0.717, 1.165) is 11.8 Å². The lowest BCUT2D eigenvalue weighted by Gasteiger charge is -2.16. The van der Waals surface area contributed by atoms with Crippen LogP contribution >= 0.6 is 11.8 Å². The van der Waals surface area contributed by atoms with E-state index in [4.69, 9.17) is 14.7 Å². The van der Waals surface area contributed by atoms with Crippen LogP contribution in [-0.2, 0) is 14.3 Å². The van der Waals surface area contributed by atoms with Crippen LogP contribution in [0.4, 0.5) is 0 Å². The second kappa shape index (κ2) is 6.60. The molecule has 3 unspecified atom stereocenters. The van der Waals surface area contributed by atoms with E-state index in [0.29, 0.717) is 5.75 Å². The van der Waals surface area contributed by atoms with Gasteiger partial charge in [-0.15, -0.1) is 0 Å². The average Bonchev–Trinajstić information content (AvgIpc) is 2.78. The number of carbonyl (C=O) groups excluding carboxylic acids is 1. The second-order valence-electron chi connectivity index (χ2n) is 4.43. The summed E-state index contributed by atoms with van der Waals surface area (Å²) in [6.45, 7) is 1.29.